The molecule has 2 aromatic rings. The maximum Gasteiger partial charge on any atom is 0.191 e. The van der Waals surface area contributed by atoms with Crippen LogP contribution in [0.1, 0.15) is 31.9 Å². The van der Waals surface area contributed by atoms with Crippen LogP contribution in [-0.4, -0.2) is 46.0 Å². The molecule has 1 aromatic carbocycles. The Morgan fingerprint density at radius 3 is 3.11 bits per heavy atom. The summed E-state index contributed by atoms with van der Waals surface area (Å²) in [5, 5.41) is 11.2. The number of nitrogens with one attached hydrogen (secondary N) is 2. The first kappa shape index (κ1) is 19.1. The number of rotatable bonds is 6. The summed E-state index contributed by atoms with van der Waals surface area (Å²) in [6.45, 7) is 7.87. The van der Waals surface area contributed by atoms with Crippen molar-refractivity contribution in [1.29, 1.82) is 0 Å². The predicted molar refractivity (Wildman–Crippen MR) is 102 cm³/mol. The van der Waals surface area contributed by atoms with Gasteiger partial charge in [0.1, 0.15) is 29.3 Å². The zero-order chi connectivity index (χ0) is 19.2. The van der Waals surface area contributed by atoms with E-state index in [0.717, 1.165) is 43.5 Å². The molecule has 0 saturated carbocycles. The van der Waals surface area contributed by atoms with Crippen molar-refractivity contribution in [2.75, 3.05) is 13.1 Å². The molecule has 3 rings (SSSR count). The number of nitrogens with zero attached hydrogens (tertiary/aromatic N) is 4. The Morgan fingerprint density at radius 2 is 2.33 bits per heavy atom. The maximum absolute atomic E-state index is 13.3. The van der Waals surface area contributed by atoms with Crippen molar-refractivity contribution in [2.24, 2.45) is 4.99 Å². The lowest BCUT2D eigenvalue weighted by atomic mass is 10.1. The molecule has 1 aliphatic heterocycles. The molecule has 2 unspecified atom stereocenters. The molecule has 8 heteroatoms. The van der Waals surface area contributed by atoms with E-state index in [4.69, 9.17) is 4.74 Å². The number of halogens is 1. The third-order valence-corrected chi connectivity index (χ3v) is 4.29. The highest BCUT2D eigenvalue weighted by Gasteiger charge is 2.21. The summed E-state index contributed by atoms with van der Waals surface area (Å²) in [6, 6.07) is 6.40. The van der Waals surface area contributed by atoms with Crippen LogP contribution in [0.5, 0.6) is 5.75 Å². The normalized spacial score (nSPS) is 17.9. The molecule has 2 heterocycles. The van der Waals surface area contributed by atoms with Gasteiger partial charge in [-0.05, 0) is 39.3 Å². The Morgan fingerprint density at radius 1 is 1.48 bits per heavy atom. The molecule has 7 nitrogen and oxygen atoms in total. The van der Waals surface area contributed by atoms with Crippen LogP contribution in [-0.2, 0) is 13.0 Å². The molecule has 0 bridgehead atoms. The van der Waals surface area contributed by atoms with Gasteiger partial charge in [0.05, 0.1) is 13.1 Å². The second-order valence-corrected chi connectivity index (χ2v) is 6.74. The summed E-state index contributed by atoms with van der Waals surface area (Å²) in [5.74, 6) is 2.81. The van der Waals surface area contributed by atoms with Crippen LogP contribution in [0.2, 0.25) is 0 Å². The van der Waals surface area contributed by atoms with E-state index in [9.17, 15) is 4.39 Å². The lowest BCUT2D eigenvalue weighted by Gasteiger charge is -2.25. The number of guanidine groups is 1. The number of hydrogen-bond acceptors (Lipinski definition) is 4. The molecular weight excluding hydrogens is 347 g/mol. The molecule has 0 saturated heterocycles. The van der Waals surface area contributed by atoms with Gasteiger partial charge in [0.15, 0.2) is 5.96 Å². The fourth-order valence-corrected chi connectivity index (χ4v) is 3.09. The quantitative estimate of drug-likeness (QED) is 0.598. The topological polar surface area (TPSA) is 76.4 Å². The van der Waals surface area contributed by atoms with E-state index in [1.165, 1.54) is 12.1 Å². The number of aliphatic imine (C=N–C) groups is 1. The van der Waals surface area contributed by atoms with E-state index >= 15 is 0 Å². The van der Waals surface area contributed by atoms with Crippen LogP contribution >= 0.6 is 0 Å². The van der Waals surface area contributed by atoms with Crippen molar-refractivity contribution in [3.05, 3.63) is 41.7 Å². The smallest absolute Gasteiger partial charge is 0.191 e. The van der Waals surface area contributed by atoms with Crippen molar-refractivity contribution in [3.8, 4) is 5.75 Å². The number of aromatic nitrogens is 3. The van der Waals surface area contributed by atoms with Crippen LogP contribution in [0.3, 0.4) is 0 Å². The largest absolute Gasteiger partial charge is 0.489 e. The Kier molecular flexibility index (Phi) is 6.26. The van der Waals surface area contributed by atoms with Crippen LogP contribution in [0, 0.1) is 12.7 Å². The Labute approximate surface area is 159 Å². The van der Waals surface area contributed by atoms with Gasteiger partial charge in [-0.2, -0.15) is 5.10 Å². The molecule has 0 aliphatic carbocycles. The molecule has 0 amide bonds. The van der Waals surface area contributed by atoms with Gasteiger partial charge in [-0.1, -0.05) is 6.07 Å². The van der Waals surface area contributed by atoms with E-state index in [1.54, 1.807) is 12.1 Å². The van der Waals surface area contributed by atoms with E-state index < -0.39 is 0 Å². The monoisotopic (exact) mass is 374 g/mol. The first-order valence-corrected chi connectivity index (χ1v) is 9.41. The van der Waals surface area contributed by atoms with Crippen LogP contribution in [0.15, 0.2) is 29.3 Å². The first-order chi connectivity index (χ1) is 13.0. The number of hydrogen-bond donors (Lipinski definition) is 2. The van der Waals surface area contributed by atoms with Crippen molar-refractivity contribution in [1.82, 2.24) is 25.4 Å². The van der Waals surface area contributed by atoms with Gasteiger partial charge in [-0.25, -0.2) is 19.0 Å². The van der Waals surface area contributed by atoms with Crippen molar-refractivity contribution in [2.45, 2.75) is 52.3 Å². The maximum atomic E-state index is 13.3. The van der Waals surface area contributed by atoms with Gasteiger partial charge in [-0.15, -0.1) is 0 Å². The SMILES string of the molecule is CCNC(=NCC(C)Oc1cccc(F)c1)NC1CCc2nc(C)nn2C1. The Hall–Kier alpha value is -2.64. The average molecular weight is 374 g/mol. The highest BCUT2D eigenvalue weighted by molar-refractivity contribution is 5.80. The minimum Gasteiger partial charge on any atom is -0.489 e. The molecule has 2 N–H and O–H groups in total. The second-order valence-electron chi connectivity index (χ2n) is 6.74. The number of ether oxygens (including phenoxy) is 1. The highest BCUT2D eigenvalue weighted by Crippen LogP contribution is 2.14. The molecule has 0 fully saturated rings. The third kappa shape index (κ3) is 5.42. The van der Waals surface area contributed by atoms with Crippen LogP contribution in [0.25, 0.3) is 0 Å². The highest BCUT2D eigenvalue weighted by atomic mass is 19.1. The van der Waals surface area contributed by atoms with E-state index in [-0.39, 0.29) is 18.0 Å². The van der Waals surface area contributed by atoms with E-state index in [2.05, 4.69) is 25.7 Å². The fourth-order valence-electron chi connectivity index (χ4n) is 3.09. The molecule has 0 radical (unpaired) electrons. The fraction of sp³-hybridized carbons (Fsp3) is 0.526. The summed E-state index contributed by atoms with van der Waals surface area (Å²) < 4.78 is 21.0. The first-order valence-electron chi connectivity index (χ1n) is 9.41. The summed E-state index contributed by atoms with van der Waals surface area (Å²) in [4.78, 5) is 9.06. The number of benzene rings is 1. The van der Waals surface area contributed by atoms with Gasteiger partial charge in [-0.3, -0.25) is 0 Å². The minimum absolute atomic E-state index is 0.168. The molecule has 2 atom stereocenters. The third-order valence-electron chi connectivity index (χ3n) is 4.29. The summed E-state index contributed by atoms with van der Waals surface area (Å²) in [5.41, 5.74) is 0. The van der Waals surface area contributed by atoms with Gasteiger partial charge < -0.3 is 15.4 Å². The zero-order valence-corrected chi connectivity index (χ0v) is 16.1. The molecular formula is C19H27FN6O. The molecule has 1 aliphatic rings. The molecule has 1 aromatic heterocycles. The summed E-state index contributed by atoms with van der Waals surface area (Å²) >= 11 is 0. The van der Waals surface area contributed by atoms with Crippen LogP contribution < -0.4 is 15.4 Å². The van der Waals surface area contributed by atoms with Crippen molar-refractivity contribution in [3.63, 3.8) is 0 Å². The summed E-state index contributed by atoms with van der Waals surface area (Å²) in [7, 11) is 0. The van der Waals surface area contributed by atoms with Crippen molar-refractivity contribution >= 4 is 5.96 Å². The lowest BCUT2D eigenvalue weighted by molar-refractivity contribution is 0.229. The van der Waals surface area contributed by atoms with E-state index in [1.807, 2.05) is 25.5 Å². The van der Waals surface area contributed by atoms with Gasteiger partial charge >= 0.3 is 0 Å². The average Bonchev–Trinajstić information content (AvgIpc) is 2.99. The molecule has 27 heavy (non-hydrogen) atoms. The minimum atomic E-state index is -0.307. The van der Waals surface area contributed by atoms with Gasteiger partial charge in [0, 0.05) is 25.1 Å². The van der Waals surface area contributed by atoms with Crippen molar-refractivity contribution < 1.29 is 9.13 Å². The van der Waals surface area contributed by atoms with E-state index in [0.29, 0.717) is 12.3 Å². The Balaban J connectivity index is 1.56. The molecule has 146 valence electrons. The van der Waals surface area contributed by atoms with Crippen LogP contribution in [0.4, 0.5) is 4.39 Å². The lowest BCUT2D eigenvalue weighted by Crippen LogP contribution is -2.47. The number of aryl methyl sites for hydroxylation is 2. The standard InChI is InChI=1S/C19H27FN6O/c1-4-21-19(22-11-13(2)27-17-7-5-6-15(20)10-17)24-16-8-9-18-23-14(3)25-26(18)12-16/h5-7,10,13,16H,4,8-9,11-12H2,1-3H3,(H2,21,22,24). The Bertz CT molecular complexity index is 790. The molecule has 0 spiro atoms. The zero-order valence-electron chi connectivity index (χ0n) is 16.1. The second kappa shape index (κ2) is 8.83. The summed E-state index contributed by atoms with van der Waals surface area (Å²) in [6.07, 6.45) is 1.72. The number of fused-ring (bicyclic) bond motifs is 1. The van der Waals surface area contributed by atoms with Gasteiger partial charge in [0.25, 0.3) is 0 Å². The predicted octanol–water partition coefficient (Wildman–Crippen LogP) is 2.06. The van der Waals surface area contributed by atoms with Gasteiger partial charge in [0.2, 0.25) is 0 Å².